The van der Waals surface area contributed by atoms with Gasteiger partial charge >= 0.3 is 0 Å². The molecular weight excluding hydrogens is 531 g/mol. The van der Waals surface area contributed by atoms with Crippen LogP contribution >= 0.6 is 34.5 Å². The van der Waals surface area contributed by atoms with E-state index in [0.717, 1.165) is 21.9 Å². The van der Waals surface area contributed by atoms with Gasteiger partial charge in [-0.2, -0.15) is 0 Å². The van der Waals surface area contributed by atoms with Gasteiger partial charge in [-0.3, -0.25) is 14.4 Å². The van der Waals surface area contributed by atoms with Gasteiger partial charge in [0.1, 0.15) is 9.96 Å². The van der Waals surface area contributed by atoms with Gasteiger partial charge in [-0.05, 0) is 60.5 Å². The molecule has 1 aliphatic heterocycles. The molecular formula is C24H20Cl2N2O5S2. The molecule has 2 aromatic carbocycles. The maximum atomic E-state index is 13.1. The molecule has 0 radical (unpaired) electrons. The van der Waals surface area contributed by atoms with Crippen LogP contribution in [0.4, 0.5) is 11.4 Å². The highest BCUT2D eigenvalue weighted by Crippen LogP contribution is 2.33. The van der Waals surface area contributed by atoms with E-state index >= 15 is 0 Å². The van der Waals surface area contributed by atoms with E-state index in [0.29, 0.717) is 27.6 Å². The summed E-state index contributed by atoms with van der Waals surface area (Å²) >= 11 is 13.1. The number of rotatable bonds is 8. The van der Waals surface area contributed by atoms with Crippen LogP contribution in [0.25, 0.3) is 0 Å². The molecule has 0 saturated carbocycles. The number of hydrogen-bond acceptors (Lipinski definition) is 7. The Bertz CT molecular complexity index is 1450. The van der Waals surface area contributed by atoms with Crippen LogP contribution in [-0.4, -0.2) is 38.3 Å². The number of benzene rings is 2. The third kappa shape index (κ3) is 5.43. The van der Waals surface area contributed by atoms with Crippen molar-refractivity contribution in [3.63, 3.8) is 0 Å². The fourth-order valence-corrected chi connectivity index (χ4v) is 6.95. The van der Waals surface area contributed by atoms with Crippen molar-refractivity contribution in [1.29, 1.82) is 0 Å². The molecule has 3 aromatic rings. The number of nitrogens with zero attached hydrogens (tertiary/aromatic N) is 1. The van der Waals surface area contributed by atoms with E-state index in [1.165, 1.54) is 24.3 Å². The number of halogens is 2. The van der Waals surface area contributed by atoms with Gasteiger partial charge in [0.2, 0.25) is 5.91 Å². The highest BCUT2D eigenvalue weighted by Gasteiger charge is 2.33. The molecule has 11 heteroatoms. The van der Waals surface area contributed by atoms with Crippen molar-refractivity contribution in [3.8, 4) is 0 Å². The summed E-state index contributed by atoms with van der Waals surface area (Å²) in [6, 6.07) is 12.6. The first-order chi connectivity index (χ1) is 16.6. The molecule has 0 bridgehead atoms. The summed E-state index contributed by atoms with van der Waals surface area (Å²) in [5.41, 5.74) is 2.56. The Morgan fingerprint density at radius 2 is 1.86 bits per heavy atom. The normalized spacial score (nSPS) is 13.6. The van der Waals surface area contributed by atoms with E-state index in [4.69, 9.17) is 23.2 Å². The summed E-state index contributed by atoms with van der Waals surface area (Å²) in [6.45, 7) is 2.67. The number of thiophene rings is 1. The zero-order valence-electron chi connectivity index (χ0n) is 18.5. The van der Waals surface area contributed by atoms with E-state index in [1.807, 2.05) is 6.92 Å². The van der Waals surface area contributed by atoms with Crippen molar-refractivity contribution in [1.82, 2.24) is 0 Å². The fourth-order valence-electron chi connectivity index (χ4n) is 3.85. The largest absolute Gasteiger partial charge is 0.385 e. The molecule has 0 atom stereocenters. The van der Waals surface area contributed by atoms with Crippen LogP contribution in [0.2, 0.25) is 9.36 Å². The van der Waals surface area contributed by atoms with E-state index in [-0.39, 0.29) is 27.8 Å². The van der Waals surface area contributed by atoms with Crippen molar-refractivity contribution in [2.75, 3.05) is 22.5 Å². The van der Waals surface area contributed by atoms with Crippen molar-refractivity contribution >= 4 is 73.3 Å². The lowest BCUT2D eigenvalue weighted by atomic mass is 9.97. The smallest absolute Gasteiger partial charge is 0.265 e. The SMILES string of the molecule is CCNc1ccc2c(c1)CC(=O)N(c1ccc(CC(=O)CS(=O)(=O)c3ccc(Cl)s3)cc1Cl)C2=O. The second-order valence-electron chi connectivity index (χ2n) is 7.93. The topological polar surface area (TPSA) is 101 Å². The van der Waals surface area contributed by atoms with E-state index in [2.05, 4.69) is 5.32 Å². The van der Waals surface area contributed by atoms with Crippen LogP contribution in [0.3, 0.4) is 0 Å². The number of nitrogens with one attached hydrogen (secondary N) is 1. The number of imide groups is 1. The summed E-state index contributed by atoms with van der Waals surface area (Å²) < 4.78 is 25.2. The van der Waals surface area contributed by atoms with Gasteiger partial charge < -0.3 is 5.32 Å². The number of hydrogen-bond donors (Lipinski definition) is 1. The zero-order chi connectivity index (χ0) is 25.3. The van der Waals surface area contributed by atoms with Crippen LogP contribution in [0.5, 0.6) is 0 Å². The summed E-state index contributed by atoms with van der Waals surface area (Å²) in [5, 5.41) is 3.27. The number of carbonyl (C=O) groups is 3. The lowest BCUT2D eigenvalue weighted by molar-refractivity contribution is -0.118. The van der Waals surface area contributed by atoms with Gasteiger partial charge in [0, 0.05) is 24.2 Å². The summed E-state index contributed by atoms with van der Waals surface area (Å²) in [4.78, 5) is 39.4. The molecule has 1 aliphatic rings. The van der Waals surface area contributed by atoms with Crippen molar-refractivity contribution < 1.29 is 22.8 Å². The average Bonchev–Trinajstić information content (AvgIpc) is 3.22. The minimum atomic E-state index is -3.79. The Morgan fingerprint density at radius 1 is 1.09 bits per heavy atom. The first-order valence-electron chi connectivity index (χ1n) is 10.6. The molecule has 2 amide bonds. The molecule has 2 heterocycles. The Morgan fingerprint density at radius 3 is 2.51 bits per heavy atom. The molecule has 1 N–H and O–H groups in total. The third-order valence-corrected chi connectivity index (χ3v) is 9.16. The predicted molar refractivity (Wildman–Crippen MR) is 138 cm³/mol. The Kier molecular flexibility index (Phi) is 7.32. The maximum absolute atomic E-state index is 13.1. The molecule has 7 nitrogen and oxygen atoms in total. The molecule has 0 fully saturated rings. The van der Waals surface area contributed by atoms with Crippen LogP contribution in [0.15, 0.2) is 52.7 Å². The molecule has 0 spiro atoms. The number of ketones is 1. The maximum Gasteiger partial charge on any atom is 0.265 e. The monoisotopic (exact) mass is 550 g/mol. The highest BCUT2D eigenvalue weighted by molar-refractivity contribution is 7.94. The number of Topliss-reactive ketones (excluding diaryl/α,β-unsaturated/α-hetero) is 1. The summed E-state index contributed by atoms with van der Waals surface area (Å²) in [5.74, 6) is -2.08. The number of sulfone groups is 1. The number of anilines is 2. The van der Waals surface area contributed by atoms with Crippen molar-refractivity contribution in [2.45, 2.75) is 24.0 Å². The van der Waals surface area contributed by atoms with Crippen molar-refractivity contribution in [2.24, 2.45) is 0 Å². The number of fused-ring (bicyclic) bond motifs is 1. The molecule has 0 saturated heterocycles. The van der Waals surface area contributed by atoms with Crippen LogP contribution in [0, 0.1) is 0 Å². The lowest BCUT2D eigenvalue weighted by Gasteiger charge is -2.28. The number of amides is 2. The highest BCUT2D eigenvalue weighted by atomic mass is 35.5. The van der Waals surface area contributed by atoms with E-state index in [9.17, 15) is 22.8 Å². The minimum Gasteiger partial charge on any atom is -0.385 e. The van der Waals surface area contributed by atoms with Crippen LogP contribution < -0.4 is 10.2 Å². The fraction of sp³-hybridized carbons (Fsp3) is 0.208. The Labute approximate surface area is 216 Å². The first kappa shape index (κ1) is 25.4. The number of carbonyl (C=O) groups excluding carboxylic acids is 3. The summed E-state index contributed by atoms with van der Waals surface area (Å²) in [7, 11) is -3.79. The van der Waals surface area contributed by atoms with Gasteiger partial charge in [-0.1, -0.05) is 29.3 Å². The van der Waals surface area contributed by atoms with Gasteiger partial charge in [0.05, 0.1) is 21.5 Å². The average molecular weight is 551 g/mol. The van der Waals surface area contributed by atoms with Crippen LogP contribution in [0.1, 0.15) is 28.4 Å². The molecule has 35 heavy (non-hydrogen) atoms. The van der Waals surface area contributed by atoms with E-state index in [1.54, 1.807) is 24.3 Å². The van der Waals surface area contributed by atoms with Gasteiger partial charge in [-0.15, -0.1) is 11.3 Å². The molecule has 0 aliphatic carbocycles. The van der Waals surface area contributed by atoms with Gasteiger partial charge in [-0.25, -0.2) is 13.3 Å². The Balaban J connectivity index is 1.51. The lowest BCUT2D eigenvalue weighted by Crippen LogP contribution is -2.42. The summed E-state index contributed by atoms with van der Waals surface area (Å²) in [6.07, 6.45) is -0.127. The van der Waals surface area contributed by atoms with E-state index < -0.39 is 33.2 Å². The van der Waals surface area contributed by atoms with Gasteiger partial charge in [0.15, 0.2) is 15.6 Å². The zero-order valence-corrected chi connectivity index (χ0v) is 21.7. The molecule has 182 valence electrons. The van der Waals surface area contributed by atoms with Gasteiger partial charge in [0.25, 0.3) is 5.91 Å². The quantitative estimate of drug-likeness (QED) is 0.404. The molecule has 0 unspecified atom stereocenters. The molecule has 4 rings (SSSR count). The van der Waals surface area contributed by atoms with Crippen LogP contribution in [-0.2, 0) is 32.3 Å². The molecule has 1 aromatic heterocycles. The van der Waals surface area contributed by atoms with Crippen molar-refractivity contribution in [3.05, 3.63) is 74.6 Å². The minimum absolute atomic E-state index is 0.0317. The third-order valence-electron chi connectivity index (χ3n) is 5.37. The first-order valence-corrected chi connectivity index (χ1v) is 13.8. The Hall–Kier alpha value is -2.72. The standard InChI is InChI=1S/C24H20Cl2N2O5S2/c1-2-27-16-4-5-18-15(11-16)12-22(30)28(24(18)31)20-6-3-14(10-19(20)25)9-17(29)13-35(32,33)23-8-7-21(26)34-23/h3-8,10-11,27H,2,9,12-13H2,1H3. The predicted octanol–water partition coefficient (Wildman–Crippen LogP) is 4.80. The second-order valence-corrected chi connectivity index (χ2v) is 12.3. The second kappa shape index (κ2) is 10.1.